The van der Waals surface area contributed by atoms with E-state index in [9.17, 15) is 4.79 Å². The molecule has 5 heteroatoms. The van der Waals surface area contributed by atoms with Crippen molar-refractivity contribution in [3.8, 4) is 0 Å². The summed E-state index contributed by atoms with van der Waals surface area (Å²) in [5, 5.41) is 3.83. The molecule has 1 amide bonds. The van der Waals surface area contributed by atoms with Crippen molar-refractivity contribution in [1.82, 2.24) is 5.32 Å². The van der Waals surface area contributed by atoms with Crippen LogP contribution in [-0.2, 0) is 4.79 Å². The monoisotopic (exact) mass is 288 g/mol. The fourth-order valence-electron chi connectivity index (χ4n) is 1.48. The van der Waals surface area contributed by atoms with Gasteiger partial charge in [-0.2, -0.15) is 0 Å². The highest BCUT2D eigenvalue weighted by molar-refractivity contribution is 6.42. The highest BCUT2D eigenvalue weighted by Gasteiger charge is 2.19. The Hall–Kier alpha value is -0.770. The van der Waals surface area contributed by atoms with Gasteiger partial charge in [-0.25, -0.2) is 0 Å². The molecule has 0 heterocycles. The molecule has 2 atom stereocenters. The van der Waals surface area contributed by atoms with Crippen molar-refractivity contribution >= 4 is 29.1 Å². The normalized spacial score (nSPS) is 14.4. The Bertz CT molecular complexity index is 435. The average molecular weight is 289 g/mol. The topological polar surface area (TPSA) is 55.1 Å². The number of nitrogens with two attached hydrogens (primary N) is 1. The van der Waals surface area contributed by atoms with Crippen LogP contribution in [0.5, 0.6) is 0 Å². The predicted molar refractivity (Wildman–Crippen MR) is 75.8 cm³/mol. The van der Waals surface area contributed by atoms with E-state index in [0.29, 0.717) is 10.0 Å². The lowest BCUT2D eigenvalue weighted by atomic mass is 10.0. The summed E-state index contributed by atoms with van der Waals surface area (Å²) in [7, 11) is 0. The summed E-state index contributed by atoms with van der Waals surface area (Å²) in [5.41, 5.74) is 6.68. The SMILES string of the molecule is CC(NC(=O)C(N)C(C)C)c1ccc(Cl)c(Cl)c1. The van der Waals surface area contributed by atoms with Gasteiger partial charge in [0.05, 0.1) is 22.1 Å². The minimum atomic E-state index is -0.504. The van der Waals surface area contributed by atoms with Gasteiger partial charge in [0.1, 0.15) is 0 Å². The molecule has 1 rings (SSSR count). The van der Waals surface area contributed by atoms with Gasteiger partial charge in [0.15, 0.2) is 0 Å². The molecule has 3 N–H and O–H groups in total. The van der Waals surface area contributed by atoms with Crippen LogP contribution in [-0.4, -0.2) is 11.9 Å². The molecule has 0 radical (unpaired) electrons. The molecule has 100 valence electrons. The van der Waals surface area contributed by atoms with Crippen molar-refractivity contribution < 1.29 is 4.79 Å². The zero-order chi connectivity index (χ0) is 13.9. The third-order valence-corrected chi connectivity index (χ3v) is 3.56. The lowest BCUT2D eigenvalue weighted by Crippen LogP contribution is -2.44. The van der Waals surface area contributed by atoms with Crippen LogP contribution in [0.3, 0.4) is 0 Å². The summed E-state index contributed by atoms with van der Waals surface area (Å²) in [6.07, 6.45) is 0. The highest BCUT2D eigenvalue weighted by atomic mass is 35.5. The number of amides is 1. The molecule has 1 aromatic rings. The van der Waals surface area contributed by atoms with Gasteiger partial charge in [0.2, 0.25) is 5.91 Å². The van der Waals surface area contributed by atoms with E-state index in [1.807, 2.05) is 26.8 Å². The maximum atomic E-state index is 11.8. The number of benzene rings is 1. The molecular formula is C13H18Cl2N2O. The van der Waals surface area contributed by atoms with E-state index in [2.05, 4.69) is 5.32 Å². The molecule has 0 aliphatic heterocycles. The Labute approximate surface area is 118 Å². The Morgan fingerprint density at radius 2 is 1.83 bits per heavy atom. The van der Waals surface area contributed by atoms with Gasteiger partial charge in [0.25, 0.3) is 0 Å². The van der Waals surface area contributed by atoms with E-state index in [1.54, 1.807) is 12.1 Å². The van der Waals surface area contributed by atoms with E-state index >= 15 is 0 Å². The molecule has 0 saturated heterocycles. The summed E-state index contributed by atoms with van der Waals surface area (Å²) in [5.74, 6) is -0.0606. The standard InChI is InChI=1S/C13H18Cl2N2O/c1-7(2)12(16)13(18)17-8(3)9-4-5-10(14)11(15)6-9/h4-8,12H,16H2,1-3H3,(H,17,18). The molecule has 1 aromatic carbocycles. The molecule has 18 heavy (non-hydrogen) atoms. The molecule has 0 spiro atoms. The van der Waals surface area contributed by atoms with Crippen molar-refractivity contribution in [2.75, 3.05) is 0 Å². The molecule has 0 aliphatic carbocycles. The zero-order valence-corrected chi connectivity index (χ0v) is 12.2. The predicted octanol–water partition coefficient (Wildman–Crippen LogP) is 3.15. The van der Waals surface area contributed by atoms with Crippen molar-refractivity contribution in [2.24, 2.45) is 11.7 Å². The Morgan fingerprint density at radius 3 is 2.33 bits per heavy atom. The van der Waals surface area contributed by atoms with Gasteiger partial charge in [-0.3, -0.25) is 4.79 Å². The van der Waals surface area contributed by atoms with Crippen LogP contribution in [0.2, 0.25) is 10.0 Å². The molecule has 0 bridgehead atoms. The van der Waals surface area contributed by atoms with Crippen LogP contribution in [0.25, 0.3) is 0 Å². The zero-order valence-electron chi connectivity index (χ0n) is 10.7. The van der Waals surface area contributed by atoms with Gasteiger partial charge in [-0.05, 0) is 30.5 Å². The molecule has 3 nitrogen and oxygen atoms in total. The van der Waals surface area contributed by atoms with Gasteiger partial charge in [-0.1, -0.05) is 43.1 Å². The number of carbonyl (C=O) groups excluding carboxylic acids is 1. The van der Waals surface area contributed by atoms with E-state index < -0.39 is 6.04 Å². The molecule has 0 aliphatic rings. The number of carbonyl (C=O) groups is 1. The first-order valence-corrected chi connectivity index (χ1v) is 6.59. The van der Waals surface area contributed by atoms with Gasteiger partial charge in [-0.15, -0.1) is 0 Å². The molecule has 0 fully saturated rings. The average Bonchev–Trinajstić information content (AvgIpc) is 2.31. The maximum Gasteiger partial charge on any atom is 0.237 e. The first-order valence-electron chi connectivity index (χ1n) is 5.83. The Morgan fingerprint density at radius 1 is 1.22 bits per heavy atom. The van der Waals surface area contributed by atoms with E-state index in [-0.39, 0.29) is 17.9 Å². The van der Waals surface area contributed by atoms with E-state index in [4.69, 9.17) is 28.9 Å². The van der Waals surface area contributed by atoms with Crippen molar-refractivity contribution in [3.63, 3.8) is 0 Å². The number of rotatable bonds is 4. The summed E-state index contributed by atoms with van der Waals surface area (Å²) in [4.78, 5) is 11.8. The number of hydrogen-bond donors (Lipinski definition) is 2. The van der Waals surface area contributed by atoms with Gasteiger partial charge in [0, 0.05) is 0 Å². The van der Waals surface area contributed by atoms with E-state index in [1.165, 1.54) is 0 Å². The highest BCUT2D eigenvalue weighted by Crippen LogP contribution is 2.25. The summed E-state index contributed by atoms with van der Waals surface area (Å²) in [6, 6.07) is 4.63. The van der Waals surface area contributed by atoms with Crippen molar-refractivity contribution in [3.05, 3.63) is 33.8 Å². The fourth-order valence-corrected chi connectivity index (χ4v) is 1.78. The largest absolute Gasteiger partial charge is 0.348 e. The Kier molecular flexibility index (Phi) is 5.45. The fraction of sp³-hybridized carbons (Fsp3) is 0.462. The molecular weight excluding hydrogens is 271 g/mol. The number of hydrogen-bond acceptors (Lipinski definition) is 2. The molecule has 2 unspecified atom stereocenters. The van der Waals surface area contributed by atoms with Crippen LogP contribution >= 0.6 is 23.2 Å². The number of halogens is 2. The third kappa shape index (κ3) is 3.87. The van der Waals surface area contributed by atoms with Crippen LogP contribution in [0.15, 0.2) is 18.2 Å². The third-order valence-electron chi connectivity index (χ3n) is 2.82. The minimum Gasteiger partial charge on any atom is -0.348 e. The summed E-state index contributed by atoms with van der Waals surface area (Å²) >= 11 is 11.8. The molecule has 0 saturated carbocycles. The molecule has 0 aromatic heterocycles. The first-order chi connectivity index (χ1) is 8.32. The van der Waals surface area contributed by atoms with Crippen LogP contribution < -0.4 is 11.1 Å². The smallest absolute Gasteiger partial charge is 0.237 e. The lowest BCUT2D eigenvalue weighted by molar-refractivity contribution is -0.123. The van der Waals surface area contributed by atoms with Gasteiger partial charge >= 0.3 is 0 Å². The van der Waals surface area contributed by atoms with E-state index in [0.717, 1.165) is 5.56 Å². The second-order valence-electron chi connectivity index (χ2n) is 4.67. The maximum absolute atomic E-state index is 11.8. The quantitative estimate of drug-likeness (QED) is 0.894. The second-order valence-corrected chi connectivity index (χ2v) is 5.49. The Balaban J connectivity index is 2.73. The van der Waals surface area contributed by atoms with Crippen LogP contribution in [0.4, 0.5) is 0 Å². The minimum absolute atomic E-state index is 0.103. The number of nitrogens with one attached hydrogen (secondary N) is 1. The van der Waals surface area contributed by atoms with Crippen molar-refractivity contribution in [2.45, 2.75) is 32.9 Å². The van der Waals surface area contributed by atoms with Gasteiger partial charge < -0.3 is 11.1 Å². The van der Waals surface area contributed by atoms with Crippen molar-refractivity contribution in [1.29, 1.82) is 0 Å². The first kappa shape index (κ1) is 15.3. The lowest BCUT2D eigenvalue weighted by Gasteiger charge is -2.20. The van der Waals surface area contributed by atoms with Crippen LogP contribution in [0, 0.1) is 5.92 Å². The van der Waals surface area contributed by atoms with Crippen LogP contribution in [0.1, 0.15) is 32.4 Å². The summed E-state index contributed by atoms with van der Waals surface area (Å²) in [6.45, 7) is 5.70. The second kappa shape index (κ2) is 6.41. The summed E-state index contributed by atoms with van der Waals surface area (Å²) < 4.78 is 0.